The Morgan fingerprint density at radius 2 is 1.41 bits per heavy atom. The summed E-state index contributed by atoms with van der Waals surface area (Å²) < 4.78 is 0. The van der Waals surface area contributed by atoms with Gasteiger partial charge < -0.3 is 5.11 Å². The van der Waals surface area contributed by atoms with Crippen molar-refractivity contribution in [3.05, 3.63) is 12.2 Å². The lowest BCUT2D eigenvalue weighted by Crippen LogP contribution is -2.63. The number of aliphatic hydroxyl groups is 1. The first kappa shape index (κ1) is 24.8. The normalized spacial score (nSPS) is 54.0. The molecule has 0 radical (unpaired) electrons. The SMILES string of the molecule is C/C=C/C12CCC(C)C1C1CCC3C(C)(CCC4C(C)(C)C(O)CCC43C)C1CC2.CC. The van der Waals surface area contributed by atoms with Crippen LogP contribution in [0, 0.1) is 57.2 Å². The van der Waals surface area contributed by atoms with Gasteiger partial charge in [-0.1, -0.05) is 60.6 Å². The molecule has 5 aliphatic rings. The van der Waals surface area contributed by atoms with Gasteiger partial charge in [-0.2, -0.15) is 0 Å². The summed E-state index contributed by atoms with van der Waals surface area (Å²) in [5.74, 6) is 5.29. The molecule has 0 spiro atoms. The topological polar surface area (TPSA) is 20.2 Å². The minimum atomic E-state index is -0.105. The van der Waals surface area contributed by atoms with E-state index in [0.29, 0.717) is 22.2 Å². The Morgan fingerprint density at radius 1 is 0.750 bits per heavy atom. The molecule has 5 saturated carbocycles. The van der Waals surface area contributed by atoms with Crippen molar-refractivity contribution < 1.29 is 5.11 Å². The Hall–Kier alpha value is -0.300. The zero-order chi connectivity index (χ0) is 23.5. The summed E-state index contributed by atoms with van der Waals surface area (Å²) in [6.45, 7) is 19.0. The van der Waals surface area contributed by atoms with Crippen molar-refractivity contribution in [2.24, 2.45) is 57.2 Å². The van der Waals surface area contributed by atoms with E-state index in [9.17, 15) is 5.11 Å². The van der Waals surface area contributed by atoms with E-state index in [1.54, 1.807) is 0 Å². The van der Waals surface area contributed by atoms with Gasteiger partial charge in [-0.15, -0.1) is 0 Å². The van der Waals surface area contributed by atoms with Crippen LogP contribution in [0.25, 0.3) is 0 Å². The maximum Gasteiger partial charge on any atom is 0.0594 e. The summed E-state index contributed by atoms with van der Waals surface area (Å²) in [6, 6.07) is 0. The maximum atomic E-state index is 10.8. The molecule has 0 aromatic heterocycles. The van der Waals surface area contributed by atoms with E-state index in [2.05, 4.69) is 53.7 Å². The molecule has 0 bridgehead atoms. The number of allylic oxidation sites excluding steroid dienone is 2. The molecule has 0 aliphatic heterocycles. The minimum absolute atomic E-state index is 0.0821. The Bertz CT molecular complexity index is 707. The zero-order valence-electron chi connectivity index (χ0n) is 22.7. The lowest BCUT2D eigenvalue weighted by Gasteiger charge is -2.69. The van der Waals surface area contributed by atoms with Crippen molar-refractivity contribution in [3.8, 4) is 0 Å². The third kappa shape index (κ3) is 3.25. The molecule has 0 amide bonds. The molecule has 0 heterocycles. The van der Waals surface area contributed by atoms with E-state index in [1.165, 1.54) is 57.8 Å². The Morgan fingerprint density at radius 3 is 2.09 bits per heavy atom. The first-order valence-corrected chi connectivity index (χ1v) is 14.4. The molecule has 1 nitrogen and oxygen atoms in total. The minimum Gasteiger partial charge on any atom is -0.393 e. The highest BCUT2D eigenvalue weighted by Gasteiger charge is 2.66. The van der Waals surface area contributed by atoms with Crippen LogP contribution in [0.3, 0.4) is 0 Å². The quantitative estimate of drug-likeness (QED) is 0.403. The fourth-order valence-electron chi connectivity index (χ4n) is 11.3. The molecule has 184 valence electrons. The first-order valence-electron chi connectivity index (χ1n) is 14.4. The van der Waals surface area contributed by atoms with Gasteiger partial charge in [0.2, 0.25) is 0 Å². The van der Waals surface area contributed by atoms with Crippen LogP contribution in [0.5, 0.6) is 0 Å². The molecule has 5 fully saturated rings. The summed E-state index contributed by atoms with van der Waals surface area (Å²) in [5.41, 5.74) is 1.56. The van der Waals surface area contributed by atoms with Crippen molar-refractivity contribution in [1.29, 1.82) is 0 Å². The molecule has 0 saturated heterocycles. The van der Waals surface area contributed by atoms with Crippen molar-refractivity contribution in [2.75, 3.05) is 0 Å². The van der Waals surface area contributed by atoms with Gasteiger partial charge in [-0.3, -0.25) is 0 Å². The molecule has 1 heteroatoms. The Balaban J connectivity index is 0.00000119. The van der Waals surface area contributed by atoms with Gasteiger partial charge in [0.25, 0.3) is 0 Å². The summed E-state index contributed by atoms with van der Waals surface area (Å²) in [7, 11) is 0. The fourth-order valence-corrected chi connectivity index (χ4v) is 11.3. The fraction of sp³-hybridized carbons (Fsp3) is 0.935. The number of fused-ring (bicyclic) bond motifs is 7. The summed E-state index contributed by atoms with van der Waals surface area (Å²) in [5, 5.41) is 10.8. The van der Waals surface area contributed by atoms with E-state index in [1.807, 2.05) is 13.8 Å². The number of hydrogen-bond acceptors (Lipinski definition) is 1. The summed E-state index contributed by atoms with van der Waals surface area (Å²) >= 11 is 0. The summed E-state index contributed by atoms with van der Waals surface area (Å²) in [6.07, 6.45) is 18.7. The highest BCUT2D eigenvalue weighted by Crippen LogP contribution is 2.73. The highest BCUT2D eigenvalue weighted by molar-refractivity contribution is 5.18. The van der Waals surface area contributed by atoms with Crippen LogP contribution in [0.1, 0.15) is 120 Å². The molecule has 5 rings (SSSR count). The molecule has 0 aromatic carbocycles. The van der Waals surface area contributed by atoms with Crippen molar-refractivity contribution in [1.82, 2.24) is 0 Å². The van der Waals surface area contributed by atoms with Crippen LogP contribution in [0.15, 0.2) is 12.2 Å². The van der Waals surface area contributed by atoms with E-state index < -0.39 is 0 Å². The maximum absolute atomic E-state index is 10.8. The summed E-state index contributed by atoms with van der Waals surface area (Å²) in [4.78, 5) is 0. The third-order valence-corrected chi connectivity index (χ3v) is 12.4. The second kappa shape index (κ2) is 8.42. The molecule has 0 aromatic rings. The predicted molar refractivity (Wildman–Crippen MR) is 137 cm³/mol. The van der Waals surface area contributed by atoms with Gasteiger partial charge >= 0.3 is 0 Å². The third-order valence-electron chi connectivity index (χ3n) is 12.4. The highest BCUT2D eigenvalue weighted by atomic mass is 16.3. The second-order valence-electron chi connectivity index (χ2n) is 13.7. The van der Waals surface area contributed by atoms with Gasteiger partial charge in [0.1, 0.15) is 0 Å². The van der Waals surface area contributed by atoms with Crippen LogP contribution in [0.2, 0.25) is 0 Å². The van der Waals surface area contributed by atoms with Gasteiger partial charge in [-0.05, 0) is 128 Å². The molecule has 5 aliphatic carbocycles. The number of rotatable bonds is 1. The van der Waals surface area contributed by atoms with E-state index in [0.717, 1.165) is 36.0 Å². The van der Waals surface area contributed by atoms with Crippen LogP contribution < -0.4 is 0 Å². The first-order chi connectivity index (χ1) is 15.1. The van der Waals surface area contributed by atoms with Crippen LogP contribution in [-0.2, 0) is 0 Å². The lowest BCUT2D eigenvalue weighted by molar-refractivity contribution is -0.214. The molecular weight excluding hydrogens is 388 g/mol. The average Bonchev–Trinajstić information content (AvgIpc) is 3.09. The smallest absolute Gasteiger partial charge is 0.0594 e. The van der Waals surface area contributed by atoms with Crippen LogP contribution in [-0.4, -0.2) is 11.2 Å². The lowest BCUT2D eigenvalue weighted by atomic mass is 9.36. The molecular formula is C31H54O. The van der Waals surface area contributed by atoms with Gasteiger partial charge in [0.15, 0.2) is 0 Å². The van der Waals surface area contributed by atoms with Crippen molar-refractivity contribution in [2.45, 2.75) is 126 Å². The largest absolute Gasteiger partial charge is 0.393 e. The van der Waals surface area contributed by atoms with Gasteiger partial charge in [-0.25, -0.2) is 0 Å². The molecule has 10 atom stereocenters. The van der Waals surface area contributed by atoms with E-state index in [-0.39, 0.29) is 11.5 Å². The van der Waals surface area contributed by atoms with E-state index in [4.69, 9.17) is 0 Å². The van der Waals surface area contributed by atoms with Crippen LogP contribution >= 0.6 is 0 Å². The molecule has 10 unspecified atom stereocenters. The average molecular weight is 443 g/mol. The van der Waals surface area contributed by atoms with Crippen LogP contribution in [0.4, 0.5) is 0 Å². The zero-order valence-corrected chi connectivity index (χ0v) is 22.7. The van der Waals surface area contributed by atoms with Crippen molar-refractivity contribution >= 4 is 0 Å². The second-order valence-corrected chi connectivity index (χ2v) is 13.7. The number of aliphatic hydroxyl groups excluding tert-OH is 1. The van der Waals surface area contributed by atoms with E-state index >= 15 is 0 Å². The Labute approximate surface area is 200 Å². The van der Waals surface area contributed by atoms with Gasteiger partial charge in [0.05, 0.1) is 6.10 Å². The van der Waals surface area contributed by atoms with Gasteiger partial charge in [0, 0.05) is 0 Å². The standard InChI is InChI=1S/C29H48O.C2H6/c1-7-14-29-17-10-19(2)25(29)20-8-9-23-27(5,21(20)11-18-29)15-12-22-26(3,4)24(30)13-16-28(22,23)6;1-2/h7,14,19-25,30H,8-13,15-18H2,1-6H3;1-2H3/b14-7+;. The van der Waals surface area contributed by atoms with Crippen molar-refractivity contribution in [3.63, 3.8) is 0 Å². The Kier molecular flexibility index (Phi) is 6.53. The number of hydrogen-bond donors (Lipinski definition) is 1. The monoisotopic (exact) mass is 442 g/mol. The predicted octanol–water partition coefficient (Wildman–Crippen LogP) is 8.66. The molecule has 32 heavy (non-hydrogen) atoms. The molecule has 1 N–H and O–H groups in total.